The van der Waals surface area contributed by atoms with Crippen molar-refractivity contribution in [2.24, 2.45) is 11.8 Å². The monoisotopic (exact) mass is 179 g/mol. The molecule has 4 atom stereocenters. The average Bonchev–Trinajstić information content (AvgIpc) is 2.76. The Morgan fingerprint density at radius 2 is 1.62 bits per heavy atom. The van der Waals surface area contributed by atoms with Crippen molar-refractivity contribution in [1.29, 1.82) is 0 Å². The van der Waals surface area contributed by atoms with Crippen LogP contribution in [0.3, 0.4) is 0 Å². The minimum Gasteiger partial charge on any atom is -0.365 e. The molecule has 2 saturated heterocycles. The van der Waals surface area contributed by atoms with Gasteiger partial charge in [0, 0.05) is 7.05 Å². The van der Waals surface area contributed by atoms with Gasteiger partial charge >= 0.3 is 0 Å². The van der Waals surface area contributed by atoms with Crippen LogP contribution in [0, 0.1) is 11.8 Å². The number of hydrogen-bond acceptors (Lipinski definition) is 3. The molecule has 0 saturated carbocycles. The number of fused-ring (bicyclic) bond motifs is 5. The Kier molecular flexibility index (Phi) is 1.12. The fourth-order valence-corrected chi connectivity index (χ4v) is 2.45. The number of rotatable bonds is 0. The molecule has 13 heavy (non-hydrogen) atoms. The van der Waals surface area contributed by atoms with Crippen molar-refractivity contribution < 1.29 is 14.3 Å². The molecule has 3 aliphatic heterocycles. The number of carbonyl (C=O) groups excluding carboxylic acids is 2. The lowest BCUT2D eigenvalue weighted by Crippen LogP contribution is -2.30. The molecule has 2 amide bonds. The summed E-state index contributed by atoms with van der Waals surface area (Å²) in [6.07, 6.45) is 3.46. The van der Waals surface area contributed by atoms with E-state index in [1.165, 1.54) is 4.90 Å². The van der Waals surface area contributed by atoms with E-state index in [1.54, 1.807) is 7.05 Å². The quantitative estimate of drug-likeness (QED) is 0.374. The van der Waals surface area contributed by atoms with Crippen LogP contribution in [0.25, 0.3) is 0 Å². The van der Waals surface area contributed by atoms with E-state index < -0.39 is 0 Å². The fraction of sp³-hybridized carbons (Fsp3) is 0.556. The van der Waals surface area contributed by atoms with E-state index in [0.29, 0.717) is 0 Å². The van der Waals surface area contributed by atoms with Gasteiger partial charge in [0.2, 0.25) is 11.8 Å². The second-order valence-corrected chi connectivity index (χ2v) is 3.74. The van der Waals surface area contributed by atoms with E-state index in [2.05, 4.69) is 0 Å². The predicted octanol–water partition coefficient (Wildman–Crippen LogP) is -0.445. The predicted molar refractivity (Wildman–Crippen MR) is 42.6 cm³/mol. The van der Waals surface area contributed by atoms with Crippen molar-refractivity contribution in [2.45, 2.75) is 12.2 Å². The molecule has 0 aromatic rings. The lowest BCUT2D eigenvalue weighted by Gasteiger charge is -2.10. The molecule has 4 unspecified atom stereocenters. The Bertz CT molecular complexity index is 306. The summed E-state index contributed by atoms with van der Waals surface area (Å²) in [5.74, 6) is -0.668. The van der Waals surface area contributed by atoms with E-state index in [0.717, 1.165) is 0 Å². The highest BCUT2D eigenvalue weighted by atomic mass is 16.5. The van der Waals surface area contributed by atoms with Crippen LogP contribution in [0.5, 0.6) is 0 Å². The van der Waals surface area contributed by atoms with Gasteiger partial charge in [-0.2, -0.15) is 0 Å². The maximum Gasteiger partial charge on any atom is 0.235 e. The van der Waals surface area contributed by atoms with E-state index >= 15 is 0 Å². The van der Waals surface area contributed by atoms with Gasteiger partial charge in [0.15, 0.2) is 0 Å². The largest absolute Gasteiger partial charge is 0.365 e. The molecule has 2 fully saturated rings. The van der Waals surface area contributed by atoms with E-state index in [-0.39, 0.29) is 35.9 Å². The Balaban J connectivity index is 2.08. The van der Waals surface area contributed by atoms with Gasteiger partial charge < -0.3 is 4.74 Å². The average molecular weight is 179 g/mol. The molecule has 0 radical (unpaired) electrons. The molecular weight excluding hydrogens is 170 g/mol. The number of nitrogens with zero attached hydrogens (tertiary/aromatic N) is 1. The molecule has 3 rings (SSSR count). The molecule has 4 heteroatoms. The highest BCUT2D eigenvalue weighted by molar-refractivity contribution is 6.06. The maximum atomic E-state index is 11.6. The number of likely N-dealkylation sites (tertiary alicyclic amines) is 1. The molecule has 2 bridgehead atoms. The van der Waals surface area contributed by atoms with Crippen LogP contribution in [0.4, 0.5) is 0 Å². The zero-order chi connectivity index (χ0) is 9.16. The van der Waals surface area contributed by atoms with Crippen molar-refractivity contribution in [3.8, 4) is 0 Å². The third-order valence-electron chi connectivity index (χ3n) is 3.13. The summed E-state index contributed by atoms with van der Waals surface area (Å²) in [6.45, 7) is 0. The summed E-state index contributed by atoms with van der Waals surface area (Å²) in [6, 6.07) is 0. The van der Waals surface area contributed by atoms with Gasteiger partial charge in [0.25, 0.3) is 0 Å². The number of carbonyl (C=O) groups is 2. The Hall–Kier alpha value is -1.16. The molecule has 0 spiro atoms. The summed E-state index contributed by atoms with van der Waals surface area (Å²) in [4.78, 5) is 24.4. The zero-order valence-electron chi connectivity index (χ0n) is 7.14. The van der Waals surface area contributed by atoms with Gasteiger partial charge in [-0.15, -0.1) is 0 Å². The zero-order valence-corrected chi connectivity index (χ0v) is 7.14. The molecule has 0 aliphatic carbocycles. The van der Waals surface area contributed by atoms with Gasteiger partial charge in [-0.05, 0) is 0 Å². The van der Waals surface area contributed by atoms with Gasteiger partial charge in [-0.3, -0.25) is 14.5 Å². The van der Waals surface area contributed by atoms with Crippen LogP contribution in [0.15, 0.2) is 12.2 Å². The minimum absolute atomic E-state index is 0.0909. The van der Waals surface area contributed by atoms with E-state index in [4.69, 9.17) is 4.74 Å². The Labute approximate surface area is 75.1 Å². The first-order valence-corrected chi connectivity index (χ1v) is 4.35. The van der Waals surface area contributed by atoms with Crippen LogP contribution in [0.2, 0.25) is 0 Å². The van der Waals surface area contributed by atoms with Crippen LogP contribution in [-0.4, -0.2) is 36.0 Å². The minimum atomic E-state index is -0.243. The third kappa shape index (κ3) is 0.659. The Morgan fingerprint density at radius 3 is 2.08 bits per heavy atom. The van der Waals surface area contributed by atoms with Crippen LogP contribution in [-0.2, 0) is 14.3 Å². The van der Waals surface area contributed by atoms with Crippen molar-refractivity contribution in [1.82, 2.24) is 4.90 Å². The topological polar surface area (TPSA) is 46.6 Å². The normalized spacial score (nSPS) is 46.4. The fourth-order valence-electron chi connectivity index (χ4n) is 2.45. The third-order valence-corrected chi connectivity index (χ3v) is 3.13. The van der Waals surface area contributed by atoms with Crippen molar-refractivity contribution in [3.05, 3.63) is 12.2 Å². The SMILES string of the molecule is CN1C(=O)C2C3C=CC(O3)C2C1=O. The summed E-state index contributed by atoms with van der Waals surface area (Å²) >= 11 is 0. The standard InChI is InChI=1S/C9H9NO3/c1-10-8(11)6-4-2-3-5(13-4)7(6)9(10)12/h2-7H,1H3. The molecule has 0 N–H and O–H groups in total. The summed E-state index contributed by atoms with van der Waals surface area (Å²) in [5.41, 5.74) is 0. The Morgan fingerprint density at radius 1 is 1.15 bits per heavy atom. The van der Waals surface area contributed by atoms with Crippen LogP contribution in [0.1, 0.15) is 0 Å². The molecule has 68 valence electrons. The summed E-state index contributed by atoms with van der Waals surface area (Å²) < 4.78 is 5.45. The lowest BCUT2D eigenvalue weighted by molar-refractivity contribution is -0.140. The van der Waals surface area contributed by atoms with E-state index in [9.17, 15) is 9.59 Å². The lowest BCUT2D eigenvalue weighted by atomic mass is 9.85. The molecular formula is C9H9NO3. The van der Waals surface area contributed by atoms with Crippen LogP contribution < -0.4 is 0 Å². The first-order chi connectivity index (χ1) is 6.20. The van der Waals surface area contributed by atoms with Crippen LogP contribution >= 0.6 is 0 Å². The highest BCUT2D eigenvalue weighted by Crippen LogP contribution is 2.44. The number of ether oxygens (including phenoxy) is 1. The van der Waals surface area contributed by atoms with Gasteiger partial charge in [-0.25, -0.2) is 0 Å². The van der Waals surface area contributed by atoms with Crippen molar-refractivity contribution >= 4 is 11.8 Å². The first-order valence-electron chi connectivity index (χ1n) is 4.35. The van der Waals surface area contributed by atoms with Gasteiger partial charge in [0.1, 0.15) is 0 Å². The van der Waals surface area contributed by atoms with Crippen molar-refractivity contribution in [3.63, 3.8) is 0 Å². The first kappa shape index (κ1) is 7.26. The van der Waals surface area contributed by atoms with E-state index in [1.807, 2.05) is 12.2 Å². The van der Waals surface area contributed by atoms with Gasteiger partial charge in [0.05, 0.1) is 24.0 Å². The highest BCUT2D eigenvalue weighted by Gasteiger charge is 2.59. The smallest absolute Gasteiger partial charge is 0.235 e. The molecule has 3 heterocycles. The second-order valence-electron chi connectivity index (χ2n) is 3.74. The maximum absolute atomic E-state index is 11.6. The second kappa shape index (κ2) is 2.01. The number of hydrogen-bond donors (Lipinski definition) is 0. The van der Waals surface area contributed by atoms with Gasteiger partial charge in [-0.1, -0.05) is 12.2 Å². The number of imide groups is 1. The molecule has 0 aromatic heterocycles. The molecule has 3 aliphatic rings. The molecule has 4 nitrogen and oxygen atoms in total. The number of amides is 2. The summed E-state index contributed by atoms with van der Waals surface area (Å²) in [7, 11) is 1.54. The molecule has 0 aromatic carbocycles. The van der Waals surface area contributed by atoms with Crippen molar-refractivity contribution in [2.75, 3.05) is 7.05 Å². The summed E-state index contributed by atoms with van der Waals surface area (Å²) in [5, 5.41) is 0.